The van der Waals surface area contributed by atoms with Gasteiger partial charge in [-0.1, -0.05) is 30.3 Å². The van der Waals surface area contributed by atoms with Crippen LogP contribution in [0.2, 0.25) is 0 Å². The summed E-state index contributed by atoms with van der Waals surface area (Å²) in [6.45, 7) is 0.461. The molecule has 0 bridgehead atoms. The zero-order chi connectivity index (χ0) is 17.6. The number of carbonyl (C=O) groups is 1. The summed E-state index contributed by atoms with van der Waals surface area (Å²) in [5.74, 6) is -0.688. The highest BCUT2D eigenvalue weighted by Gasteiger charge is 2.18. The van der Waals surface area contributed by atoms with Crippen molar-refractivity contribution in [1.29, 1.82) is 5.26 Å². The number of nitrogens with zero attached hydrogens (tertiary/aromatic N) is 2. The van der Waals surface area contributed by atoms with E-state index in [4.69, 9.17) is 0 Å². The molecule has 3 aromatic rings. The first-order valence-corrected chi connectivity index (χ1v) is 7.88. The molecule has 0 saturated carbocycles. The van der Waals surface area contributed by atoms with Crippen molar-refractivity contribution in [3.05, 3.63) is 89.5 Å². The van der Waals surface area contributed by atoms with E-state index in [1.807, 2.05) is 36.4 Å². The molecule has 3 rings (SSSR count). The number of hydrogen-bond acceptors (Lipinski definition) is 2. The number of aromatic nitrogens is 1. The Morgan fingerprint density at radius 3 is 2.48 bits per heavy atom. The number of nitrogens with one attached hydrogen (secondary N) is 1. The number of hydrogen-bond donors (Lipinski definition) is 1. The van der Waals surface area contributed by atoms with E-state index < -0.39 is 0 Å². The van der Waals surface area contributed by atoms with Crippen LogP contribution in [0.5, 0.6) is 0 Å². The smallest absolute Gasteiger partial charge is 0.269 e. The summed E-state index contributed by atoms with van der Waals surface area (Å²) in [5, 5.41) is 12.1. The van der Waals surface area contributed by atoms with Crippen molar-refractivity contribution >= 4 is 5.91 Å². The van der Waals surface area contributed by atoms with Crippen LogP contribution in [0.1, 0.15) is 21.6 Å². The minimum Gasteiger partial charge on any atom is -0.350 e. The highest BCUT2D eigenvalue weighted by molar-refractivity contribution is 5.95. The predicted octanol–water partition coefficient (Wildman–Crippen LogP) is 3.46. The van der Waals surface area contributed by atoms with Gasteiger partial charge in [0.15, 0.2) is 0 Å². The molecule has 0 aliphatic rings. The summed E-state index contributed by atoms with van der Waals surface area (Å²) in [4.78, 5) is 12.6. The lowest BCUT2D eigenvalue weighted by molar-refractivity contribution is 0.0947. The second-order valence-electron chi connectivity index (χ2n) is 5.53. The van der Waals surface area contributed by atoms with Gasteiger partial charge in [0.05, 0.1) is 5.56 Å². The van der Waals surface area contributed by atoms with Gasteiger partial charge < -0.3 is 9.88 Å². The van der Waals surface area contributed by atoms with Gasteiger partial charge >= 0.3 is 0 Å². The summed E-state index contributed by atoms with van der Waals surface area (Å²) < 4.78 is 14.7. The summed E-state index contributed by atoms with van der Waals surface area (Å²) >= 11 is 0. The van der Waals surface area contributed by atoms with Crippen LogP contribution in [0.25, 0.3) is 5.69 Å². The van der Waals surface area contributed by atoms with E-state index in [0.29, 0.717) is 18.7 Å². The van der Waals surface area contributed by atoms with Crippen molar-refractivity contribution in [3.63, 3.8) is 0 Å². The number of nitriles is 1. The lowest BCUT2D eigenvalue weighted by Crippen LogP contribution is -2.28. The average molecular weight is 333 g/mol. The molecule has 1 amide bonds. The summed E-state index contributed by atoms with van der Waals surface area (Å²) in [6, 6.07) is 19.2. The largest absolute Gasteiger partial charge is 0.350 e. The van der Waals surface area contributed by atoms with E-state index in [-0.39, 0.29) is 23.0 Å². The maximum absolute atomic E-state index is 13.1. The molecule has 0 saturated heterocycles. The van der Waals surface area contributed by atoms with Crippen molar-refractivity contribution in [2.24, 2.45) is 0 Å². The molecule has 4 nitrogen and oxygen atoms in total. The van der Waals surface area contributed by atoms with Crippen LogP contribution >= 0.6 is 0 Å². The van der Waals surface area contributed by atoms with Crippen molar-refractivity contribution in [1.82, 2.24) is 9.88 Å². The zero-order valence-corrected chi connectivity index (χ0v) is 13.4. The topological polar surface area (TPSA) is 57.8 Å². The molecule has 0 spiro atoms. The Morgan fingerprint density at radius 1 is 1.08 bits per heavy atom. The van der Waals surface area contributed by atoms with Crippen LogP contribution in [0.4, 0.5) is 4.39 Å². The van der Waals surface area contributed by atoms with Crippen LogP contribution in [-0.4, -0.2) is 17.0 Å². The van der Waals surface area contributed by atoms with E-state index in [1.165, 1.54) is 12.1 Å². The molecule has 0 atom stereocenters. The first kappa shape index (κ1) is 16.5. The Bertz CT molecular complexity index is 908. The highest BCUT2D eigenvalue weighted by atomic mass is 19.1. The Labute approximate surface area is 145 Å². The molecule has 1 aromatic heterocycles. The molecule has 0 aliphatic heterocycles. The number of benzene rings is 2. The molecule has 1 heterocycles. The Balaban J connectivity index is 1.78. The quantitative estimate of drug-likeness (QED) is 0.777. The van der Waals surface area contributed by atoms with Gasteiger partial charge in [0.25, 0.3) is 5.91 Å². The number of carbonyl (C=O) groups excluding carboxylic acids is 1. The first-order chi connectivity index (χ1) is 12.2. The minimum absolute atomic E-state index is 0.252. The van der Waals surface area contributed by atoms with Gasteiger partial charge in [-0.25, -0.2) is 4.39 Å². The summed E-state index contributed by atoms with van der Waals surface area (Å²) in [5.41, 5.74) is 2.28. The van der Waals surface area contributed by atoms with Gasteiger partial charge in [-0.3, -0.25) is 4.79 Å². The minimum atomic E-state index is -0.356. The van der Waals surface area contributed by atoms with Crippen LogP contribution in [-0.2, 0) is 6.42 Å². The molecule has 1 N–H and O–H groups in total. The Hall–Kier alpha value is -3.39. The third-order valence-electron chi connectivity index (χ3n) is 3.87. The van der Waals surface area contributed by atoms with E-state index >= 15 is 0 Å². The second kappa shape index (κ2) is 7.45. The van der Waals surface area contributed by atoms with Gasteiger partial charge in [0.2, 0.25) is 0 Å². The lowest BCUT2D eigenvalue weighted by Gasteiger charge is -2.10. The summed E-state index contributed by atoms with van der Waals surface area (Å²) in [6.07, 6.45) is 2.34. The van der Waals surface area contributed by atoms with Gasteiger partial charge in [-0.15, -0.1) is 0 Å². The SMILES string of the molecule is N#Cc1ccn(-c2ccc(F)cc2)c1C(=O)NCCc1ccccc1. The molecule has 5 heteroatoms. The fourth-order valence-electron chi connectivity index (χ4n) is 2.62. The van der Waals surface area contributed by atoms with Crippen molar-refractivity contribution < 1.29 is 9.18 Å². The fourth-order valence-corrected chi connectivity index (χ4v) is 2.62. The van der Waals surface area contributed by atoms with Crippen molar-refractivity contribution in [2.75, 3.05) is 6.54 Å². The van der Waals surface area contributed by atoms with Gasteiger partial charge in [-0.2, -0.15) is 5.26 Å². The predicted molar refractivity (Wildman–Crippen MR) is 92.9 cm³/mol. The Kier molecular flexibility index (Phi) is 4.91. The van der Waals surface area contributed by atoms with Crippen LogP contribution in [0.3, 0.4) is 0 Å². The monoisotopic (exact) mass is 333 g/mol. The average Bonchev–Trinajstić information content (AvgIpc) is 3.07. The van der Waals surface area contributed by atoms with Crippen LogP contribution in [0, 0.1) is 17.1 Å². The van der Waals surface area contributed by atoms with Crippen molar-refractivity contribution in [3.8, 4) is 11.8 Å². The van der Waals surface area contributed by atoms with Gasteiger partial charge in [0.1, 0.15) is 17.6 Å². The molecule has 0 aliphatic carbocycles. The third kappa shape index (κ3) is 3.75. The molecule has 0 unspecified atom stereocenters. The third-order valence-corrected chi connectivity index (χ3v) is 3.87. The number of amides is 1. The molecule has 0 fully saturated rings. The number of rotatable bonds is 5. The lowest BCUT2D eigenvalue weighted by atomic mass is 10.1. The first-order valence-electron chi connectivity index (χ1n) is 7.88. The van der Waals surface area contributed by atoms with E-state index in [2.05, 4.69) is 5.32 Å². The molecular formula is C20H16FN3O. The summed E-state index contributed by atoms with van der Waals surface area (Å²) in [7, 11) is 0. The standard InChI is InChI=1S/C20H16FN3O/c21-17-6-8-18(9-7-17)24-13-11-16(14-22)19(24)20(25)23-12-10-15-4-2-1-3-5-15/h1-9,11,13H,10,12H2,(H,23,25). The Morgan fingerprint density at radius 2 is 1.80 bits per heavy atom. The maximum atomic E-state index is 13.1. The zero-order valence-electron chi connectivity index (χ0n) is 13.4. The number of halogens is 1. The normalized spacial score (nSPS) is 10.2. The van der Waals surface area contributed by atoms with E-state index in [1.54, 1.807) is 29.0 Å². The van der Waals surface area contributed by atoms with E-state index in [0.717, 1.165) is 5.56 Å². The van der Waals surface area contributed by atoms with Gasteiger partial charge in [-0.05, 0) is 42.3 Å². The fraction of sp³-hybridized carbons (Fsp3) is 0.100. The molecule has 25 heavy (non-hydrogen) atoms. The molecule has 124 valence electrons. The maximum Gasteiger partial charge on any atom is 0.269 e. The molecule has 0 radical (unpaired) electrons. The molecule has 2 aromatic carbocycles. The molecular weight excluding hydrogens is 317 g/mol. The van der Waals surface area contributed by atoms with Gasteiger partial charge in [0, 0.05) is 18.4 Å². The second-order valence-corrected chi connectivity index (χ2v) is 5.53. The van der Waals surface area contributed by atoms with Crippen LogP contribution in [0.15, 0.2) is 66.9 Å². The van der Waals surface area contributed by atoms with E-state index in [9.17, 15) is 14.4 Å². The van der Waals surface area contributed by atoms with Crippen molar-refractivity contribution in [2.45, 2.75) is 6.42 Å². The van der Waals surface area contributed by atoms with Crippen LogP contribution < -0.4 is 5.32 Å². The highest BCUT2D eigenvalue weighted by Crippen LogP contribution is 2.17.